The van der Waals surface area contributed by atoms with Crippen LogP contribution in [0.3, 0.4) is 0 Å². The van der Waals surface area contributed by atoms with E-state index in [2.05, 4.69) is 5.32 Å². The van der Waals surface area contributed by atoms with Crippen molar-refractivity contribution in [1.29, 1.82) is 0 Å². The van der Waals surface area contributed by atoms with E-state index < -0.39 is 11.5 Å². The Morgan fingerprint density at radius 1 is 1.29 bits per heavy atom. The molecule has 1 aliphatic heterocycles. The molecule has 1 aliphatic carbocycles. The maximum absolute atomic E-state index is 12.5. The van der Waals surface area contributed by atoms with Gasteiger partial charge in [-0.2, -0.15) is 0 Å². The van der Waals surface area contributed by atoms with Crippen LogP contribution in [0.25, 0.3) is 0 Å². The predicted octanol–water partition coefficient (Wildman–Crippen LogP) is 1.58. The average molecular weight is 298 g/mol. The Hall–Kier alpha value is -1.30. The molecule has 3 atom stereocenters. The number of piperidine rings is 1. The molecule has 0 bridgehead atoms. The van der Waals surface area contributed by atoms with Gasteiger partial charge in [0.25, 0.3) is 0 Å². The largest absolute Gasteiger partial charge is 0.480 e. The highest BCUT2D eigenvalue weighted by Crippen LogP contribution is 2.33. The minimum atomic E-state index is -1.15. The number of carboxylic acid groups (broad SMARTS) is 1. The molecular formula is C15H26N2O4. The first-order valence-electron chi connectivity index (χ1n) is 7.91. The van der Waals surface area contributed by atoms with Gasteiger partial charge in [-0.3, -0.25) is 0 Å². The minimum absolute atomic E-state index is 0.0656. The zero-order chi connectivity index (χ0) is 15.5. The summed E-state index contributed by atoms with van der Waals surface area (Å²) in [6, 6.07) is -0.532. The molecule has 1 saturated carbocycles. The van der Waals surface area contributed by atoms with Crippen molar-refractivity contribution in [2.45, 2.75) is 63.5 Å². The van der Waals surface area contributed by atoms with Gasteiger partial charge in [0.05, 0.1) is 12.6 Å². The number of nitrogens with one attached hydrogen (secondary N) is 1. The SMILES string of the molecule is CC1CCCC(NC(=O)N2CCCCC2CO)(C(=O)O)C1. The number of carboxylic acids is 1. The molecule has 0 aromatic rings. The second kappa shape index (κ2) is 6.64. The molecule has 6 nitrogen and oxygen atoms in total. The van der Waals surface area contributed by atoms with Crippen LogP contribution >= 0.6 is 0 Å². The van der Waals surface area contributed by atoms with Crippen molar-refractivity contribution in [2.75, 3.05) is 13.2 Å². The van der Waals surface area contributed by atoms with Crippen LogP contribution in [0.15, 0.2) is 0 Å². The number of hydrogen-bond acceptors (Lipinski definition) is 3. The van der Waals surface area contributed by atoms with E-state index in [1.165, 1.54) is 0 Å². The molecule has 120 valence electrons. The fourth-order valence-electron chi connectivity index (χ4n) is 3.65. The molecular weight excluding hydrogens is 272 g/mol. The minimum Gasteiger partial charge on any atom is -0.480 e. The zero-order valence-corrected chi connectivity index (χ0v) is 12.7. The quantitative estimate of drug-likeness (QED) is 0.738. The number of likely N-dealkylation sites (tertiary alicyclic amines) is 1. The van der Waals surface area contributed by atoms with E-state index in [1.807, 2.05) is 6.92 Å². The molecule has 6 heteroatoms. The van der Waals surface area contributed by atoms with Crippen molar-refractivity contribution in [3.05, 3.63) is 0 Å². The van der Waals surface area contributed by atoms with Crippen molar-refractivity contribution >= 4 is 12.0 Å². The predicted molar refractivity (Wildman–Crippen MR) is 78.0 cm³/mol. The number of amides is 2. The Kier molecular flexibility index (Phi) is 5.08. The van der Waals surface area contributed by atoms with E-state index in [-0.39, 0.29) is 18.7 Å². The molecule has 2 fully saturated rings. The Labute approximate surface area is 125 Å². The standard InChI is InChI=1S/C15H26N2O4/c1-11-5-4-7-15(9-11,13(19)20)16-14(21)17-8-3-2-6-12(17)10-18/h11-12,18H,2-10H2,1H3,(H,16,21)(H,19,20). The third-order valence-corrected chi connectivity index (χ3v) is 4.85. The van der Waals surface area contributed by atoms with Gasteiger partial charge < -0.3 is 20.4 Å². The summed E-state index contributed by atoms with van der Waals surface area (Å²) >= 11 is 0. The first-order valence-corrected chi connectivity index (χ1v) is 7.91. The van der Waals surface area contributed by atoms with Crippen molar-refractivity contribution in [1.82, 2.24) is 10.2 Å². The van der Waals surface area contributed by atoms with Gasteiger partial charge in [0.1, 0.15) is 5.54 Å². The van der Waals surface area contributed by atoms with E-state index >= 15 is 0 Å². The molecule has 0 aromatic carbocycles. The number of urea groups is 1. The van der Waals surface area contributed by atoms with Crippen LogP contribution in [0, 0.1) is 5.92 Å². The maximum Gasteiger partial charge on any atom is 0.329 e. The lowest BCUT2D eigenvalue weighted by molar-refractivity contribution is -0.146. The third kappa shape index (κ3) is 3.48. The average Bonchev–Trinajstić information content (AvgIpc) is 2.47. The highest BCUT2D eigenvalue weighted by molar-refractivity contribution is 5.86. The fraction of sp³-hybridized carbons (Fsp3) is 0.867. The van der Waals surface area contributed by atoms with Crippen LogP contribution in [0.4, 0.5) is 4.79 Å². The molecule has 1 saturated heterocycles. The summed E-state index contributed by atoms with van der Waals surface area (Å²) in [5.41, 5.74) is -1.15. The second-order valence-corrected chi connectivity index (χ2v) is 6.54. The van der Waals surface area contributed by atoms with Crippen LogP contribution < -0.4 is 5.32 Å². The van der Waals surface area contributed by atoms with Crippen molar-refractivity contribution in [3.8, 4) is 0 Å². The van der Waals surface area contributed by atoms with Gasteiger partial charge in [-0.05, 0) is 38.0 Å². The number of carbonyl (C=O) groups is 2. The first-order chi connectivity index (χ1) is 9.98. The lowest BCUT2D eigenvalue weighted by Gasteiger charge is -2.41. The number of hydrogen-bond donors (Lipinski definition) is 3. The summed E-state index contributed by atoms with van der Waals surface area (Å²) in [6.07, 6.45) is 5.46. The van der Waals surface area contributed by atoms with Crippen LogP contribution in [0.2, 0.25) is 0 Å². The molecule has 0 aromatic heterocycles. The highest BCUT2D eigenvalue weighted by Gasteiger charge is 2.44. The topological polar surface area (TPSA) is 89.9 Å². The van der Waals surface area contributed by atoms with Gasteiger partial charge >= 0.3 is 12.0 Å². The Morgan fingerprint density at radius 2 is 2.05 bits per heavy atom. The monoisotopic (exact) mass is 298 g/mol. The van der Waals surface area contributed by atoms with E-state index in [9.17, 15) is 19.8 Å². The maximum atomic E-state index is 12.5. The molecule has 2 amide bonds. The summed E-state index contributed by atoms with van der Waals surface area (Å²) in [7, 11) is 0. The van der Waals surface area contributed by atoms with Gasteiger partial charge in [0, 0.05) is 6.54 Å². The summed E-state index contributed by atoms with van der Waals surface area (Å²) in [5, 5.41) is 21.8. The molecule has 2 rings (SSSR count). The molecule has 0 spiro atoms. The lowest BCUT2D eigenvalue weighted by atomic mass is 9.76. The second-order valence-electron chi connectivity index (χ2n) is 6.54. The van der Waals surface area contributed by atoms with Crippen LogP contribution in [-0.4, -0.2) is 51.8 Å². The summed E-state index contributed by atoms with van der Waals surface area (Å²) in [4.78, 5) is 25.8. The van der Waals surface area contributed by atoms with E-state index in [1.54, 1.807) is 4.90 Å². The van der Waals surface area contributed by atoms with Crippen LogP contribution in [-0.2, 0) is 4.79 Å². The molecule has 0 radical (unpaired) electrons. The van der Waals surface area contributed by atoms with Crippen LogP contribution in [0.1, 0.15) is 51.9 Å². The smallest absolute Gasteiger partial charge is 0.329 e. The summed E-state index contributed by atoms with van der Waals surface area (Å²) in [5.74, 6) is -0.648. The van der Waals surface area contributed by atoms with Crippen LogP contribution in [0.5, 0.6) is 0 Å². The fourth-order valence-corrected chi connectivity index (χ4v) is 3.65. The van der Waals surface area contributed by atoms with Gasteiger partial charge in [0.2, 0.25) is 0 Å². The Morgan fingerprint density at radius 3 is 2.67 bits per heavy atom. The van der Waals surface area contributed by atoms with Crippen molar-refractivity contribution < 1.29 is 19.8 Å². The third-order valence-electron chi connectivity index (χ3n) is 4.85. The molecule has 1 heterocycles. The van der Waals surface area contributed by atoms with Crippen molar-refractivity contribution in [3.63, 3.8) is 0 Å². The first kappa shape index (κ1) is 16.1. The van der Waals surface area contributed by atoms with E-state index in [0.717, 1.165) is 32.1 Å². The van der Waals surface area contributed by atoms with Gasteiger partial charge in [-0.15, -0.1) is 0 Å². The normalized spacial score (nSPS) is 33.5. The summed E-state index contributed by atoms with van der Waals surface area (Å²) < 4.78 is 0. The number of aliphatic hydroxyl groups is 1. The molecule has 2 aliphatic rings. The Balaban J connectivity index is 2.09. The number of rotatable bonds is 3. The Bertz CT molecular complexity index is 401. The van der Waals surface area contributed by atoms with E-state index in [0.29, 0.717) is 25.3 Å². The van der Waals surface area contributed by atoms with Gasteiger partial charge in [-0.1, -0.05) is 19.8 Å². The highest BCUT2D eigenvalue weighted by atomic mass is 16.4. The number of aliphatic hydroxyl groups excluding tert-OH is 1. The molecule has 3 N–H and O–H groups in total. The molecule has 3 unspecified atom stereocenters. The lowest BCUT2D eigenvalue weighted by Crippen LogP contribution is -2.61. The number of aliphatic carboxylic acids is 1. The summed E-state index contributed by atoms with van der Waals surface area (Å²) in [6.45, 7) is 2.55. The number of carbonyl (C=O) groups excluding carboxylic acids is 1. The molecule has 21 heavy (non-hydrogen) atoms. The van der Waals surface area contributed by atoms with Gasteiger partial charge in [-0.25, -0.2) is 9.59 Å². The van der Waals surface area contributed by atoms with Gasteiger partial charge in [0.15, 0.2) is 0 Å². The zero-order valence-electron chi connectivity index (χ0n) is 12.7. The van der Waals surface area contributed by atoms with Crippen molar-refractivity contribution in [2.24, 2.45) is 5.92 Å². The number of nitrogens with zero attached hydrogens (tertiary/aromatic N) is 1. The van der Waals surface area contributed by atoms with E-state index in [4.69, 9.17) is 0 Å².